The molecule has 0 aliphatic rings. The van der Waals surface area contributed by atoms with Crippen LogP contribution < -0.4 is 5.14 Å². The fourth-order valence-corrected chi connectivity index (χ4v) is 3.02. The third-order valence-electron chi connectivity index (χ3n) is 2.21. The Morgan fingerprint density at radius 2 is 2.18 bits per heavy atom. The molecule has 0 fully saturated rings. The summed E-state index contributed by atoms with van der Waals surface area (Å²) in [5.74, 6) is 0. The molecule has 1 aromatic carbocycles. The van der Waals surface area contributed by atoms with Crippen LogP contribution in [-0.4, -0.2) is 18.2 Å². The van der Waals surface area contributed by atoms with Gasteiger partial charge in [-0.3, -0.25) is 4.68 Å². The minimum atomic E-state index is -3.71. The van der Waals surface area contributed by atoms with Crippen molar-refractivity contribution in [3.05, 3.63) is 46.7 Å². The van der Waals surface area contributed by atoms with Crippen LogP contribution in [0.3, 0.4) is 0 Å². The van der Waals surface area contributed by atoms with E-state index in [-0.39, 0.29) is 4.90 Å². The van der Waals surface area contributed by atoms with Crippen LogP contribution in [0, 0.1) is 0 Å². The fraction of sp³-hybridized carbons (Fsp3) is 0.100. The molecule has 0 spiro atoms. The van der Waals surface area contributed by atoms with Gasteiger partial charge in [-0.05, 0) is 39.7 Å². The second-order valence-corrected chi connectivity index (χ2v) is 5.90. The number of hydrogen-bond donors (Lipinski definition) is 1. The molecule has 17 heavy (non-hydrogen) atoms. The first-order chi connectivity index (χ1) is 7.97. The number of halogens is 1. The predicted octanol–water partition coefficient (Wildman–Crippen LogP) is 1.34. The lowest BCUT2D eigenvalue weighted by molar-refractivity contribution is 0.597. The Morgan fingerprint density at radius 1 is 1.41 bits per heavy atom. The molecule has 0 atom stereocenters. The maximum absolute atomic E-state index is 11.3. The Kier molecular flexibility index (Phi) is 3.32. The second-order valence-electron chi connectivity index (χ2n) is 3.51. The molecule has 0 saturated carbocycles. The summed E-state index contributed by atoms with van der Waals surface area (Å²) in [5.41, 5.74) is 0.820. The molecule has 1 heterocycles. The monoisotopic (exact) mass is 315 g/mol. The van der Waals surface area contributed by atoms with E-state index in [2.05, 4.69) is 21.0 Å². The van der Waals surface area contributed by atoms with Crippen LogP contribution >= 0.6 is 15.9 Å². The minimum absolute atomic E-state index is 0.0853. The largest absolute Gasteiger partial charge is 0.268 e. The number of hydrogen-bond acceptors (Lipinski definition) is 3. The van der Waals surface area contributed by atoms with Gasteiger partial charge < -0.3 is 0 Å². The van der Waals surface area contributed by atoms with E-state index in [4.69, 9.17) is 5.14 Å². The summed E-state index contributed by atoms with van der Waals surface area (Å²) in [4.78, 5) is 0.0853. The lowest BCUT2D eigenvalue weighted by atomic mass is 10.2. The smallest absolute Gasteiger partial charge is 0.239 e. The van der Waals surface area contributed by atoms with Gasteiger partial charge in [-0.25, -0.2) is 13.6 Å². The van der Waals surface area contributed by atoms with Crippen LogP contribution in [-0.2, 0) is 16.6 Å². The van der Waals surface area contributed by atoms with Gasteiger partial charge in [0.1, 0.15) is 0 Å². The second kappa shape index (κ2) is 4.59. The lowest BCUT2D eigenvalue weighted by Crippen LogP contribution is -2.13. The molecule has 2 rings (SSSR count). The topological polar surface area (TPSA) is 78.0 Å². The van der Waals surface area contributed by atoms with Crippen LogP contribution in [0.1, 0.15) is 5.56 Å². The lowest BCUT2D eigenvalue weighted by Gasteiger charge is -2.06. The highest BCUT2D eigenvalue weighted by molar-refractivity contribution is 9.10. The predicted molar refractivity (Wildman–Crippen MR) is 66.8 cm³/mol. The van der Waals surface area contributed by atoms with Crippen molar-refractivity contribution in [2.45, 2.75) is 11.4 Å². The number of nitrogens with two attached hydrogens (primary N) is 1. The summed E-state index contributed by atoms with van der Waals surface area (Å²) in [6.45, 7) is 0.503. The van der Waals surface area contributed by atoms with Gasteiger partial charge in [-0.2, -0.15) is 5.10 Å². The third-order valence-corrected chi connectivity index (χ3v) is 4.11. The minimum Gasteiger partial charge on any atom is -0.268 e. The number of sulfonamides is 1. The normalized spacial score (nSPS) is 11.6. The Hall–Kier alpha value is -1.18. The number of primary sulfonamides is 1. The molecule has 7 heteroatoms. The summed E-state index contributed by atoms with van der Waals surface area (Å²) in [6, 6.07) is 6.83. The maximum Gasteiger partial charge on any atom is 0.239 e. The fourth-order valence-electron chi connectivity index (χ4n) is 1.45. The highest BCUT2D eigenvalue weighted by Gasteiger charge is 2.13. The van der Waals surface area contributed by atoms with E-state index in [1.54, 1.807) is 35.3 Å². The van der Waals surface area contributed by atoms with E-state index in [1.807, 2.05) is 6.07 Å². The average molecular weight is 316 g/mol. The molecule has 5 nitrogen and oxygen atoms in total. The van der Waals surface area contributed by atoms with Crippen molar-refractivity contribution >= 4 is 26.0 Å². The maximum atomic E-state index is 11.3. The van der Waals surface area contributed by atoms with E-state index in [9.17, 15) is 8.42 Å². The van der Waals surface area contributed by atoms with Gasteiger partial charge in [0.15, 0.2) is 0 Å². The average Bonchev–Trinajstić information content (AvgIpc) is 2.72. The Bertz CT molecular complexity index is 623. The quantitative estimate of drug-likeness (QED) is 0.928. The molecular formula is C10H10BrN3O2S. The zero-order chi connectivity index (χ0) is 12.5. The van der Waals surface area contributed by atoms with Crippen molar-refractivity contribution in [1.82, 2.24) is 9.78 Å². The van der Waals surface area contributed by atoms with Gasteiger partial charge in [0.05, 0.1) is 11.4 Å². The highest BCUT2D eigenvalue weighted by atomic mass is 79.9. The van der Waals surface area contributed by atoms with Crippen molar-refractivity contribution in [3.63, 3.8) is 0 Å². The number of nitrogens with zero attached hydrogens (tertiary/aromatic N) is 2. The van der Waals surface area contributed by atoms with Gasteiger partial charge >= 0.3 is 0 Å². The molecule has 1 aromatic heterocycles. The molecule has 0 aliphatic heterocycles. The zero-order valence-corrected chi connectivity index (χ0v) is 11.1. The van der Waals surface area contributed by atoms with Gasteiger partial charge in [0.25, 0.3) is 0 Å². The van der Waals surface area contributed by atoms with Crippen LogP contribution in [0.5, 0.6) is 0 Å². The summed E-state index contributed by atoms with van der Waals surface area (Å²) in [7, 11) is -3.71. The number of aromatic nitrogens is 2. The molecule has 2 aromatic rings. The van der Waals surface area contributed by atoms with E-state index >= 15 is 0 Å². The molecule has 0 amide bonds. The molecule has 90 valence electrons. The Morgan fingerprint density at radius 3 is 2.76 bits per heavy atom. The first-order valence-electron chi connectivity index (χ1n) is 4.75. The molecule has 2 N–H and O–H groups in total. The third kappa shape index (κ3) is 2.93. The summed E-state index contributed by atoms with van der Waals surface area (Å²) in [6.07, 6.45) is 3.47. The first-order valence-corrected chi connectivity index (χ1v) is 7.09. The van der Waals surface area contributed by atoms with Crippen LogP contribution in [0.15, 0.2) is 46.0 Å². The van der Waals surface area contributed by atoms with Crippen molar-refractivity contribution in [1.29, 1.82) is 0 Å². The molecule has 0 radical (unpaired) electrons. The Labute approximate surface area is 107 Å². The van der Waals surface area contributed by atoms with Crippen molar-refractivity contribution in [3.8, 4) is 0 Å². The number of benzene rings is 1. The van der Waals surface area contributed by atoms with Crippen molar-refractivity contribution < 1.29 is 8.42 Å². The summed E-state index contributed by atoms with van der Waals surface area (Å²) < 4.78 is 24.8. The SMILES string of the molecule is NS(=O)(=O)c1cc(Cn2cccn2)ccc1Br. The summed E-state index contributed by atoms with van der Waals surface area (Å²) in [5, 5.41) is 9.17. The van der Waals surface area contributed by atoms with E-state index in [0.29, 0.717) is 11.0 Å². The molecular weight excluding hydrogens is 306 g/mol. The van der Waals surface area contributed by atoms with Gasteiger partial charge in [-0.15, -0.1) is 0 Å². The molecule has 0 unspecified atom stereocenters. The van der Waals surface area contributed by atoms with Gasteiger partial charge in [0.2, 0.25) is 10.0 Å². The van der Waals surface area contributed by atoms with E-state index < -0.39 is 10.0 Å². The standard InChI is InChI=1S/C10H10BrN3O2S/c11-9-3-2-8(6-10(9)17(12,15)16)7-14-5-1-4-13-14/h1-6H,7H2,(H2,12,15,16). The highest BCUT2D eigenvalue weighted by Crippen LogP contribution is 2.22. The van der Waals surface area contributed by atoms with Crippen LogP contribution in [0.2, 0.25) is 0 Å². The van der Waals surface area contributed by atoms with Gasteiger partial charge in [0, 0.05) is 16.9 Å². The van der Waals surface area contributed by atoms with E-state index in [1.165, 1.54) is 0 Å². The zero-order valence-electron chi connectivity index (χ0n) is 8.75. The molecule has 0 aliphatic carbocycles. The van der Waals surface area contributed by atoms with Crippen molar-refractivity contribution in [2.75, 3.05) is 0 Å². The molecule has 0 saturated heterocycles. The first kappa shape index (κ1) is 12.3. The van der Waals surface area contributed by atoms with E-state index in [0.717, 1.165) is 5.56 Å². The van der Waals surface area contributed by atoms with Gasteiger partial charge in [-0.1, -0.05) is 6.07 Å². The molecule has 0 bridgehead atoms. The number of rotatable bonds is 3. The van der Waals surface area contributed by atoms with Crippen LogP contribution in [0.25, 0.3) is 0 Å². The Balaban J connectivity index is 2.38. The van der Waals surface area contributed by atoms with Crippen molar-refractivity contribution in [2.24, 2.45) is 5.14 Å². The van der Waals surface area contributed by atoms with Crippen LogP contribution in [0.4, 0.5) is 0 Å². The summed E-state index contributed by atoms with van der Waals surface area (Å²) >= 11 is 3.16.